The molecule has 0 saturated heterocycles. The molecule has 0 radical (unpaired) electrons. The second-order valence-corrected chi connectivity index (χ2v) is 4.60. The molecule has 2 aromatic rings. The molecule has 4 heteroatoms. The summed E-state index contributed by atoms with van der Waals surface area (Å²) in [6.45, 7) is 3.89. The van der Waals surface area contributed by atoms with Crippen LogP contribution in [0, 0.1) is 0 Å². The number of rotatable bonds is 5. The Hall–Kier alpha value is -2.36. The first-order chi connectivity index (χ1) is 9.69. The SMILES string of the molecule is CCC(=O)Nc1cccc(NC(C)c2ccccn2)c1. The summed E-state index contributed by atoms with van der Waals surface area (Å²) >= 11 is 0. The molecule has 0 fully saturated rings. The van der Waals surface area contributed by atoms with E-state index in [0.717, 1.165) is 17.1 Å². The summed E-state index contributed by atoms with van der Waals surface area (Å²) in [5.74, 6) is 0.0138. The second kappa shape index (κ2) is 6.70. The molecule has 4 nitrogen and oxygen atoms in total. The van der Waals surface area contributed by atoms with Crippen LogP contribution in [0.4, 0.5) is 11.4 Å². The number of nitrogens with one attached hydrogen (secondary N) is 2. The van der Waals surface area contributed by atoms with E-state index in [9.17, 15) is 4.79 Å². The number of nitrogens with zero attached hydrogens (tertiary/aromatic N) is 1. The molecule has 0 bridgehead atoms. The van der Waals surface area contributed by atoms with Gasteiger partial charge in [-0.05, 0) is 37.3 Å². The van der Waals surface area contributed by atoms with Gasteiger partial charge in [0.1, 0.15) is 0 Å². The summed E-state index contributed by atoms with van der Waals surface area (Å²) in [6, 6.07) is 13.7. The number of pyridine rings is 1. The number of hydrogen-bond acceptors (Lipinski definition) is 3. The van der Waals surface area contributed by atoms with Crippen molar-refractivity contribution in [1.29, 1.82) is 0 Å². The molecule has 2 rings (SSSR count). The average Bonchev–Trinajstić information content (AvgIpc) is 2.48. The smallest absolute Gasteiger partial charge is 0.224 e. The molecule has 0 aliphatic carbocycles. The normalized spacial score (nSPS) is 11.7. The fourth-order valence-corrected chi connectivity index (χ4v) is 1.89. The lowest BCUT2D eigenvalue weighted by Crippen LogP contribution is -2.11. The molecule has 1 aromatic heterocycles. The minimum absolute atomic E-state index is 0.0138. The van der Waals surface area contributed by atoms with Gasteiger partial charge < -0.3 is 10.6 Å². The first-order valence-electron chi connectivity index (χ1n) is 6.76. The fourth-order valence-electron chi connectivity index (χ4n) is 1.89. The van der Waals surface area contributed by atoms with Crippen LogP contribution in [-0.2, 0) is 4.79 Å². The number of aromatic nitrogens is 1. The second-order valence-electron chi connectivity index (χ2n) is 4.60. The highest BCUT2D eigenvalue weighted by Crippen LogP contribution is 2.20. The zero-order valence-corrected chi connectivity index (χ0v) is 11.8. The van der Waals surface area contributed by atoms with E-state index in [1.165, 1.54) is 0 Å². The molecule has 0 spiro atoms. The van der Waals surface area contributed by atoms with Crippen LogP contribution in [0.25, 0.3) is 0 Å². The maximum Gasteiger partial charge on any atom is 0.224 e. The lowest BCUT2D eigenvalue weighted by Gasteiger charge is -2.15. The molecule has 0 aliphatic rings. The van der Waals surface area contributed by atoms with Gasteiger partial charge in [0.05, 0.1) is 11.7 Å². The van der Waals surface area contributed by atoms with Gasteiger partial charge in [0, 0.05) is 24.0 Å². The summed E-state index contributed by atoms with van der Waals surface area (Å²) in [4.78, 5) is 15.7. The third-order valence-corrected chi connectivity index (χ3v) is 2.98. The van der Waals surface area contributed by atoms with E-state index in [1.54, 1.807) is 6.20 Å². The number of carbonyl (C=O) groups is 1. The van der Waals surface area contributed by atoms with Gasteiger partial charge in [-0.1, -0.05) is 19.1 Å². The topological polar surface area (TPSA) is 54.0 Å². The third-order valence-electron chi connectivity index (χ3n) is 2.98. The van der Waals surface area contributed by atoms with Crippen molar-refractivity contribution in [1.82, 2.24) is 4.98 Å². The number of anilines is 2. The Morgan fingerprint density at radius 2 is 2.00 bits per heavy atom. The summed E-state index contributed by atoms with van der Waals surface area (Å²) < 4.78 is 0. The average molecular weight is 269 g/mol. The molecular formula is C16H19N3O. The van der Waals surface area contributed by atoms with Crippen LogP contribution in [0.1, 0.15) is 32.0 Å². The molecule has 1 aromatic carbocycles. The Morgan fingerprint density at radius 3 is 2.70 bits per heavy atom. The van der Waals surface area contributed by atoms with Gasteiger partial charge in [-0.3, -0.25) is 9.78 Å². The molecule has 2 N–H and O–H groups in total. The molecule has 1 heterocycles. The van der Waals surface area contributed by atoms with Crippen LogP contribution in [0.15, 0.2) is 48.7 Å². The highest BCUT2D eigenvalue weighted by molar-refractivity contribution is 5.90. The standard InChI is InChI=1S/C16H19N3O/c1-3-16(20)19-14-8-6-7-13(11-14)18-12(2)15-9-4-5-10-17-15/h4-12,18H,3H2,1-2H3,(H,19,20). The molecule has 20 heavy (non-hydrogen) atoms. The van der Waals surface area contributed by atoms with Crippen LogP contribution in [0.3, 0.4) is 0 Å². The minimum atomic E-state index is 0.0138. The molecule has 1 amide bonds. The van der Waals surface area contributed by atoms with Crippen molar-refractivity contribution in [3.8, 4) is 0 Å². The molecule has 1 unspecified atom stereocenters. The molecule has 0 saturated carbocycles. The Balaban J connectivity index is 2.06. The van der Waals surface area contributed by atoms with E-state index in [2.05, 4.69) is 22.5 Å². The van der Waals surface area contributed by atoms with Crippen molar-refractivity contribution >= 4 is 17.3 Å². The Kier molecular flexibility index (Phi) is 4.71. The van der Waals surface area contributed by atoms with Gasteiger partial charge in [0.15, 0.2) is 0 Å². The van der Waals surface area contributed by atoms with Gasteiger partial charge in [-0.15, -0.1) is 0 Å². The minimum Gasteiger partial charge on any atom is -0.377 e. The maximum atomic E-state index is 11.4. The van der Waals surface area contributed by atoms with E-state index < -0.39 is 0 Å². The molecule has 0 aliphatic heterocycles. The van der Waals surface area contributed by atoms with Gasteiger partial charge in [-0.2, -0.15) is 0 Å². The zero-order valence-electron chi connectivity index (χ0n) is 11.8. The predicted octanol–water partition coefficient (Wildman–Crippen LogP) is 3.60. The molecule has 104 valence electrons. The quantitative estimate of drug-likeness (QED) is 0.872. The van der Waals surface area contributed by atoms with Gasteiger partial charge >= 0.3 is 0 Å². The monoisotopic (exact) mass is 269 g/mol. The first kappa shape index (κ1) is 14.1. The Bertz CT molecular complexity index is 569. The summed E-state index contributed by atoms with van der Waals surface area (Å²) in [5, 5.41) is 6.23. The Labute approximate surface area is 119 Å². The van der Waals surface area contributed by atoms with Gasteiger partial charge in [0.2, 0.25) is 5.91 Å². The lowest BCUT2D eigenvalue weighted by atomic mass is 10.2. The summed E-state index contributed by atoms with van der Waals surface area (Å²) in [6.07, 6.45) is 2.26. The largest absolute Gasteiger partial charge is 0.377 e. The van der Waals surface area contributed by atoms with E-state index >= 15 is 0 Å². The van der Waals surface area contributed by atoms with E-state index in [1.807, 2.05) is 49.4 Å². The molecular weight excluding hydrogens is 250 g/mol. The van der Waals surface area contributed by atoms with Crippen molar-refractivity contribution in [2.24, 2.45) is 0 Å². The number of hydrogen-bond donors (Lipinski definition) is 2. The van der Waals surface area contributed by atoms with Crippen LogP contribution in [0.5, 0.6) is 0 Å². The van der Waals surface area contributed by atoms with Crippen LogP contribution >= 0.6 is 0 Å². The fraction of sp³-hybridized carbons (Fsp3) is 0.250. The van der Waals surface area contributed by atoms with Crippen LogP contribution < -0.4 is 10.6 Å². The van der Waals surface area contributed by atoms with Crippen molar-refractivity contribution in [3.05, 3.63) is 54.4 Å². The highest BCUT2D eigenvalue weighted by Gasteiger charge is 2.06. The predicted molar refractivity (Wildman–Crippen MR) is 81.6 cm³/mol. The zero-order chi connectivity index (χ0) is 14.4. The van der Waals surface area contributed by atoms with Gasteiger partial charge in [0.25, 0.3) is 0 Å². The maximum absolute atomic E-state index is 11.4. The highest BCUT2D eigenvalue weighted by atomic mass is 16.1. The number of carbonyl (C=O) groups excluding carboxylic acids is 1. The van der Waals surface area contributed by atoms with E-state index in [4.69, 9.17) is 0 Å². The number of benzene rings is 1. The molecule has 1 atom stereocenters. The lowest BCUT2D eigenvalue weighted by molar-refractivity contribution is -0.115. The summed E-state index contributed by atoms with van der Waals surface area (Å²) in [7, 11) is 0. The summed E-state index contributed by atoms with van der Waals surface area (Å²) in [5.41, 5.74) is 2.74. The third kappa shape index (κ3) is 3.82. The van der Waals surface area contributed by atoms with Crippen molar-refractivity contribution in [2.45, 2.75) is 26.3 Å². The van der Waals surface area contributed by atoms with Crippen LogP contribution in [0.2, 0.25) is 0 Å². The van der Waals surface area contributed by atoms with Crippen molar-refractivity contribution < 1.29 is 4.79 Å². The number of amides is 1. The van der Waals surface area contributed by atoms with Gasteiger partial charge in [-0.25, -0.2) is 0 Å². The van der Waals surface area contributed by atoms with E-state index in [-0.39, 0.29) is 11.9 Å². The van der Waals surface area contributed by atoms with E-state index in [0.29, 0.717) is 6.42 Å². The van der Waals surface area contributed by atoms with Crippen LogP contribution in [-0.4, -0.2) is 10.9 Å². The first-order valence-corrected chi connectivity index (χ1v) is 6.76. The van der Waals surface area contributed by atoms with Crippen molar-refractivity contribution in [3.63, 3.8) is 0 Å². The Morgan fingerprint density at radius 1 is 1.20 bits per heavy atom. The van der Waals surface area contributed by atoms with Crippen molar-refractivity contribution in [2.75, 3.05) is 10.6 Å².